The number of amides is 3. The topological polar surface area (TPSA) is 113 Å². The van der Waals surface area contributed by atoms with E-state index in [1.807, 2.05) is 0 Å². The first kappa shape index (κ1) is 22.9. The van der Waals surface area contributed by atoms with E-state index in [9.17, 15) is 22.8 Å². The van der Waals surface area contributed by atoms with Crippen LogP contribution >= 0.6 is 11.3 Å². The maximum absolute atomic E-state index is 13.4. The fraction of sp³-hybridized carbons (Fsp3) is 0.474. The van der Waals surface area contributed by atoms with E-state index in [1.165, 1.54) is 17.2 Å². The number of carbonyl (C=O) groups excluding carboxylic acids is 2. The van der Waals surface area contributed by atoms with Gasteiger partial charge in [-0.15, -0.1) is 0 Å². The van der Waals surface area contributed by atoms with Gasteiger partial charge in [-0.3, -0.25) is 20.5 Å². The van der Waals surface area contributed by atoms with Crippen molar-refractivity contribution in [1.82, 2.24) is 20.3 Å². The Kier molecular flexibility index (Phi) is 6.23. The van der Waals surface area contributed by atoms with Crippen LogP contribution in [0.25, 0.3) is 10.4 Å². The number of pyridine rings is 1. The molecule has 2 aromatic rings. The number of aryl methyl sites for hydroxylation is 1. The summed E-state index contributed by atoms with van der Waals surface area (Å²) in [6.45, 7) is 4.26. The summed E-state index contributed by atoms with van der Waals surface area (Å²) in [6.07, 6.45) is -1.95. The van der Waals surface area contributed by atoms with Gasteiger partial charge in [-0.05, 0) is 51.3 Å². The lowest BCUT2D eigenvalue weighted by Crippen LogP contribution is -2.49. The highest BCUT2D eigenvalue weighted by Crippen LogP contribution is 2.41. The minimum atomic E-state index is -4.46. The lowest BCUT2D eigenvalue weighted by molar-refractivity contribution is -0.181. The Labute approximate surface area is 181 Å². The van der Waals surface area contributed by atoms with Gasteiger partial charge >= 0.3 is 12.2 Å². The molecule has 1 atom stereocenters. The second-order valence-corrected chi connectivity index (χ2v) is 8.78. The number of urea groups is 1. The van der Waals surface area contributed by atoms with Gasteiger partial charge in [0.05, 0.1) is 16.3 Å². The summed E-state index contributed by atoms with van der Waals surface area (Å²) >= 11 is 1.14. The van der Waals surface area contributed by atoms with Crippen molar-refractivity contribution >= 4 is 28.4 Å². The van der Waals surface area contributed by atoms with Crippen LogP contribution in [0, 0.1) is 6.92 Å². The zero-order chi connectivity index (χ0) is 23.0. The molecule has 0 bridgehead atoms. The first-order valence-corrected chi connectivity index (χ1v) is 10.4. The number of hydrazine groups is 1. The molecule has 0 spiro atoms. The number of anilines is 1. The molecule has 168 valence electrons. The normalized spacial score (nSPS) is 17.0. The fourth-order valence-electron chi connectivity index (χ4n) is 3.32. The molecule has 1 aliphatic rings. The van der Waals surface area contributed by atoms with Crippen molar-refractivity contribution in [2.75, 3.05) is 11.9 Å². The zero-order valence-corrected chi connectivity index (χ0v) is 18.0. The van der Waals surface area contributed by atoms with Crippen LogP contribution in [0.1, 0.15) is 38.1 Å². The highest BCUT2D eigenvalue weighted by molar-refractivity contribution is 7.19. The molecule has 3 amide bonds. The van der Waals surface area contributed by atoms with Crippen molar-refractivity contribution in [1.29, 1.82) is 0 Å². The summed E-state index contributed by atoms with van der Waals surface area (Å²) in [4.78, 5) is 34.7. The molecule has 0 radical (unpaired) electrons. The number of aromatic nitrogens is 2. The van der Waals surface area contributed by atoms with E-state index in [2.05, 4.69) is 20.7 Å². The Morgan fingerprint density at radius 1 is 1.32 bits per heavy atom. The minimum absolute atomic E-state index is 0.108. The highest BCUT2D eigenvalue weighted by atomic mass is 32.1. The van der Waals surface area contributed by atoms with Gasteiger partial charge < -0.3 is 4.90 Å². The molecule has 3 heterocycles. The molecule has 0 saturated carbocycles. The Morgan fingerprint density at radius 3 is 2.68 bits per heavy atom. The molecule has 8 nitrogen and oxygen atoms in total. The van der Waals surface area contributed by atoms with Crippen molar-refractivity contribution in [2.24, 2.45) is 5.84 Å². The van der Waals surface area contributed by atoms with Gasteiger partial charge in [0.25, 0.3) is 5.91 Å². The predicted octanol–water partition coefficient (Wildman–Crippen LogP) is 3.34. The van der Waals surface area contributed by atoms with E-state index in [-0.39, 0.29) is 10.8 Å². The molecule has 1 fully saturated rings. The number of alkyl halides is 3. The summed E-state index contributed by atoms with van der Waals surface area (Å²) in [5.41, 5.74) is 0.916. The summed E-state index contributed by atoms with van der Waals surface area (Å²) in [7, 11) is 0. The van der Waals surface area contributed by atoms with Crippen LogP contribution in [0.2, 0.25) is 0 Å². The van der Waals surface area contributed by atoms with Crippen LogP contribution < -0.4 is 16.6 Å². The summed E-state index contributed by atoms with van der Waals surface area (Å²) in [5, 5.41) is 2.95. The van der Waals surface area contributed by atoms with E-state index in [0.717, 1.165) is 25.2 Å². The van der Waals surface area contributed by atoms with Crippen LogP contribution in [0.3, 0.4) is 0 Å². The summed E-state index contributed by atoms with van der Waals surface area (Å²) in [6, 6.07) is 1.85. The van der Waals surface area contributed by atoms with Gasteiger partial charge in [0.15, 0.2) is 5.13 Å². The lowest BCUT2D eigenvalue weighted by Gasteiger charge is -2.27. The van der Waals surface area contributed by atoms with Crippen molar-refractivity contribution in [3.8, 4) is 10.4 Å². The van der Waals surface area contributed by atoms with Crippen LogP contribution in [0.5, 0.6) is 0 Å². The van der Waals surface area contributed by atoms with Gasteiger partial charge in [0, 0.05) is 12.7 Å². The molecule has 0 unspecified atom stereocenters. The lowest BCUT2D eigenvalue weighted by atomic mass is 9.87. The smallest absolute Gasteiger partial charge is 0.312 e. The maximum Gasteiger partial charge on any atom is 0.399 e. The standard InChI is InChI=1S/C19H23F3N6O2S/c1-10-14(11-6-7-24-13(9-11)18(2,3)19(20,21)22)31-16(25-10)26-17(30)28-8-4-5-12(28)15(29)27-23/h6-7,9,12H,4-5,8,23H2,1-3H3,(H,27,29)(H,25,26,30)/t12-/m0/s1. The van der Waals surface area contributed by atoms with E-state index in [0.29, 0.717) is 35.5 Å². The molecule has 0 aliphatic carbocycles. The number of likely N-dealkylation sites (tertiary alicyclic amines) is 1. The molecule has 3 rings (SSSR count). The Morgan fingerprint density at radius 2 is 2.03 bits per heavy atom. The number of hydrogen-bond donors (Lipinski definition) is 3. The molecular weight excluding hydrogens is 433 g/mol. The summed E-state index contributed by atoms with van der Waals surface area (Å²) in [5.74, 6) is 4.74. The van der Waals surface area contributed by atoms with Gasteiger partial charge in [0.2, 0.25) is 0 Å². The first-order chi connectivity index (χ1) is 14.5. The molecule has 2 aromatic heterocycles. The van der Waals surface area contributed by atoms with Gasteiger partial charge in [-0.1, -0.05) is 11.3 Å². The fourth-order valence-corrected chi connectivity index (χ4v) is 4.27. The molecular formula is C19H23F3N6O2S. The minimum Gasteiger partial charge on any atom is -0.312 e. The highest BCUT2D eigenvalue weighted by Gasteiger charge is 2.49. The van der Waals surface area contributed by atoms with Crippen molar-refractivity contribution in [2.45, 2.75) is 51.2 Å². The predicted molar refractivity (Wildman–Crippen MR) is 110 cm³/mol. The van der Waals surface area contributed by atoms with Gasteiger partial charge in [-0.2, -0.15) is 13.2 Å². The zero-order valence-electron chi connectivity index (χ0n) is 17.2. The summed E-state index contributed by atoms with van der Waals surface area (Å²) < 4.78 is 40.2. The van der Waals surface area contributed by atoms with Gasteiger partial charge in [-0.25, -0.2) is 15.6 Å². The number of thiazole rings is 1. The van der Waals surface area contributed by atoms with Crippen molar-refractivity contribution in [3.63, 3.8) is 0 Å². The average molecular weight is 456 g/mol. The number of hydrogen-bond acceptors (Lipinski definition) is 6. The third-order valence-electron chi connectivity index (χ3n) is 5.34. The van der Waals surface area contributed by atoms with Crippen LogP contribution in [-0.2, 0) is 10.2 Å². The van der Waals surface area contributed by atoms with Crippen LogP contribution in [-0.4, -0.2) is 45.6 Å². The van der Waals surface area contributed by atoms with E-state index < -0.39 is 29.6 Å². The van der Waals surface area contributed by atoms with E-state index >= 15 is 0 Å². The average Bonchev–Trinajstić information content (AvgIpc) is 3.33. The van der Waals surface area contributed by atoms with Crippen LogP contribution in [0.15, 0.2) is 18.3 Å². The van der Waals surface area contributed by atoms with Gasteiger partial charge in [0.1, 0.15) is 11.5 Å². The monoisotopic (exact) mass is 456 g/mol. The number of halogens is 3. The number of nitrogens with zero attached hydrogens (tertiary/aromatic N) is 3. The molecule has 12 heteroatoms. The molecule has 1 aliphatic heterocycles. The molecule has 31 heavy (non-hydrogen) atoms. The Bertz CT molecular complexity index is 991. The quantitative estimate of drug-likeness (QED) is 0.371. The molecule has 1 saturated heterocycles. The Hall–Kier alpha value is -2.73. The molecule has 0 aromatic carbocycles. The Balaban J connectivity index is 1.83. The van der Waals surface area contributed by atoms with Crippen LogP contribution in [0.4, 0.5) is 23.1 Å². The maximum atomic E-state index is 13.4. The number of nitrogens with one attached hydrogen (secondary N) is 2. The third-order valence-corrected chi connectivity index (χ3v) is 6.46. The second-order valence-electron chi connectivity index (χ2n) is 7.78. The number of carbonyl (C=O) groups is 2. The first-order valence-electron chi connectivity index (χ1n) is 9.55. The number of nitrogens with two attached hydrogens (primary N) is 1. The largest absolute Gasteiger partial charge is 0.399 e. The number of rotatable bonds is 4. The third kappa shape index (κ3) is 4.49. The molecule has 4 N–H and O–H groups in total. The SMILES string of the molecule is Cc1nc(NC(=O)N2CCC[C@H]2C(=O)NN)sc1-c1ccnc(C(C)(C)C(F)(F)F)c1. The van der Waals surface area contributed by atoms with E-state index in [4.69, 9.17) is 5.84 Å². The second kappa shape index (κ2) is 8.42. The van der Waals surface area contributed by atoms with Crippen molar-refractivity contribution in [3.05, 3.63) is 29.7 Å². The van der Waals surface area contributed by atoms with E-state index in [1.54, 1.807) is 13.0 Å². The van der Waals surface area contributed by atoms with Crippen molar-refractivity contribution < 1.29 is 22.8 Å².